The third kappa shape index (κ3) is 5.42. The van der Waals surface area contributed by atoms with E-state index in [9.17, 15) is 14.4 Å². The van der Waals surface area contributed by atoms with Crippen LogP contribution in [0.1, 0.15) is 32.2 Å². The average Bonchev–Trinajstić information content (AvgIpc) is 3.04. The van der Waals surface area contributed by atoms with E-state index in [2.05, 4.69) is 10.1 Å². The van der Waals surface area contributed by atoms with Gasteiger partial charge in [-0.1, -0.05) is 0 Å². The summed E-state index contributed by atoms with van der Waals surface area (Å²) in [6.07, 6.45) is 0. The monoisotopic (exact) mass is 374 g/mol. The number of esters is 2. The number of amides is 1. The highest BCUT2D eigenvalue weighted by molar-refractivity contribution is 6.03. The number of furan rings is 1. The van der Waals surface area contributed by atoms with Gasteiger partial charge in [0.2, 0.25) is 5.91 Å². The molecule has 0 fully saturated rings. The van der Waals surface area contributed by atoms with Gasteiger partial charge in [-0.25, -0.2) is 9.59 Å². The Morgan fingerprint density at radius 1 is 1.07 bits per heavy atom. The number of likely N-dealkylation sites (N-methyl/N-ethyl adjacent to an activating group) is 1. The van der Waals surface area contributed by atoms with Crippen LogP contribution in [0.25, 0.3) is 0 Å². The quantitative estimate of drug-likeness (QED) is 0.742. The maximum absolute atomic E-state index is 12.4. The number of aryl methyl sites for hydroxylation is 1. The maximum Gasteiger partial charge on any atom is 0.339 e. The van der Waals surface area contributed by atoms with Crippen LogP contribution in [0.5, 0.6) is 0 Å². The number of hydrogen-bond donors (Lipinski definition) is 1. The van der Waals surface area contributed by atoms with Gasteiger partial charge in [-0.2, -0.15) is 0 Å². The standard InChI is InChI=1S/C19H22N2O6/c1-12-5-7-14(27-12)10-21(2)11-17(22)20-16-9-13(18(23)25-3)6-8-15(16)19(24)26-4/h5-9H,10-11H2,1-4H3,(H,20,22). The van der Waals surface area contributed by atoms with Gasteiger partial charge in [0.25, 0.3) is 0 Å². The number of nitrogens with one attached hydrogen (secondary N) is 1. The topological polar surface area (TPSA) is 98.1 Å². The summed E-state index contributed by atoms with van der Waals surface area (Å²) in [7, 11) is 4.25. The Bertz CT molecular complexity index is 842. The molecule has 8 nitrogen and oxygen atoms in total. The van der Waals surface area contributed by atoms with Crippen LogP contribution in [0, 0.1) is 6.92 Å². The SMILES string of the molecule is COC(=O)c1ccc(C(=O)OC)c(NC(=O)CN(C)Cc2ccc(C)o2)c1. The Kier molecular flexibility index (Phi) is 6.73. The van der Waals surface area contributed by atoms with Gasteiger partial charge in [-0.15, -0.1) is 0 Å². The van der Waals surface area contributed by atoms with Gasteiger partial charge in [-0.05, 0) is 44.3 Å². The maximum atomic E-state index is 12.4. The van der Waals surface area contributed by atoms with Crippen LogP contribution >= 0.6 is 0 Å². The van der Waals surface area contributed by atoms with Gasteiger partial charge in [-0.3, -0.25) is 9.69 Å². The highest BCUT2D eigenvalue weighted by Crippen LogP contribution is 2.20. The fraction of sp³-hybridized carbons (Fsp3) is 0.316. The summed E-state index contributed by atoms with van der Waals surface area (Å²) >= 11 is 0. The molecule has 0 radical (unpaired) electrons. The molecule has 1 aromatic carbocycles. The molecule has 0 aliphatic rings. The first-order chi connectivity index (χ1) is 12.8. The Morgan fingerprint density at radius 2 is 1.78 bits per heavy atom. The van der Waals surface area contributed by atoms with E-state index in [1.165, 1.54) is 32.4 Å². The van der Waals surface area contributed by atoms with E-state index in [4.69, 9.17) is 9.15 Å². The molecule has 1 amide bonds. The van der Waals surface area contributed by atoms with Crippen molar-refractivity contribution in [2.24, 2.45) is 0 Å². The molecule has 0 unspecified atom stereocenters. The lowest BCUT2D eigenvalue weighted by Crippen LogP contribution is -2.30. The van der Waals surface area contributed by atoms with Crippen LogP contribution in [0.3, 0.4) is 0 Å². The number of nitrogens with zero attached hydrogens (tertiary/aromatic N) is 1. The molecule has 0 spiro atoms. The minimum atomic E-state index is -0.624. The van der Waals surface area contributed by atoms with Gasteiger partial charge >= 0.3 is 11.9 Å². The van der Waals surface area contributed by atoms with Gasteiger partial charge in [0.15, 0.2) is 0 Å². The van der Waals surface area contributed by atoms with E-state index in [0.29, 0.717) is 6.54 Å². The van der Waals surface area contributed by atoms with Gasteiger partial charge in [0, 0.05) is 0 Å². The van der Waals surface area contributed by atoms with Crippen molar-refractivity contribution in [1.82, 2.24) is 4.90 Å². The molecule has 2 rings (SSSR count). The highest BCUT2D eigenvalue weighted by atomic mass is 16.5. The summed E-state index contributed by atoms with van der Waals surface area (Å²) in [6.45, 7) is 2.36. The lowest BCUT2D eigenvalue weighted by atomic mass is 10.1. The van der Waals surface area contributed by atoms with E-state index in [0.717, 1.165) is 11.5 Å². The lowest BCUT2D eigenvalue weighted by Gasteiger charge is -2.16. The van der Waals surface area contributed by atoms with Crippen molar-refractivity contribution in [1.29, 1.82) is 0 Å². The second kappa shape index (κ2) is 9.00. The minimum absolute atomic E-state index is 0.0583. The van der Waals surface area contributed by atoms with E-state index in [1.807, 2.05) is 19.1 Å². The van der Waals surface area contributed by atoms with Crippen LogP contribution in [-0.2, 0) is 20.8 Å². The molecule has 0 saturated heterocycles. The molecule has 0 aliphatic carbocycles. The lowest BCUT2D eigenvalue weighted by molar-refractivity contribution is -0.117. The highest BCUT2D eigenvalue weighted by Gasteiger charge is 2.18. The molecular weight excluding hydrogens is 352 g/mol. The van der Waals surface area contributed by atoms with Crippen LogP contribution < -0.4 is 5.32 Å². The van der Waals surface area contributed by atoms with E-state index >= 15 is 0 Å². The molecule has 144 valence electrons. The fourth-order valence-electron chi connectivity index (χ4n) is 2.51. The number of hydrogen-bond acceptors (Lipinski definition) is 7. The summed E-state index contributed by atoms with van der Waals surface area (Å²) in [6, 6.07) is 7.91. The van der Waals surface area contributed by atoms with Crippen molar-refractivity contribution in [3.05, 3.63) is 53.0 Å². The molecule has 0 bridgehead atoms. The fourth-order valence-corrected chi connectivity index (χ4v) is 2.51. The smallest absolute Gasteiger partial charge is 0.339 e. The molecule has 1 heterocycles. The first kappa shape index (κ1) is 20.2. The Hall–Kier alpha value is -3.13. The van der Waals surface area contributed by atoms with E-state index in [-0.39, 0.29) is 29.3 Å². The molecule has 27 heavy (non-hydrogen) atoms. The van der Waals surface area contributed by atoms with Crippen LogP contribution in [0.2, 0.25) is 0 Å². The molecule has 0 atom stereocenters. The Balaban J connectivity index is 2.12. The third-order valence-corrected chi connectivity index (χ3v) is 3.76. The minimum Gasteiger partial charge on any atom is -0.465 e. The number of benzene rings is 1. The summed E-state index contributed by atoms with van der Waals surface area (Å²) in [5.74, 6) is -0.0164. The Morgan fingerprint density at radius 3 is 2.37 bits per heavy atom. The van der Waals surface area contributed by atoms with Crippen LogP contribution in [0.15, 0.2) is 34.7 Å². The summed E-state index contributed by atoms with van der Waals surface area (Å²) in [5.41, 5.74) is 0.527. The zero-order valence-corrected chi connectivity index (χ0v) is 15.7. The van der Waals surface area contributed by atoms with E-state index < -0.39 is 11.9 Å². The molecule has 0 aliphatic heterocycles. The predicted octanol–water partition coefficient (Wildman–Crippen LogP) is 2.23. The number of methoxy groups -OCH3 is 2. The summed E-state index contributed by atoms with van der Waals surface area (Å²) in [4.78, 5) is 37.8. The summed E-state index contributed by atoms with van der Waals surface area (Å²) < 4.78 is 14.9. The van der Waals surface area contributed by atoms with Gasteiger partial charge in [0.1, 0.15) is 11.5 Å². The van der Waals surface area contributed by atoms with Gasteiger partial charge < -0.3 is 19.2 Å². The molecule has 1 aromatic heterocycles. The van der Waals surface area contributed by atoms with Gasteiger partial charge in [0.05, 0.1) is 44.1 Å². The van der Waals surface area contributed by atoms with Crippen molar-refractivity contribution in [3.8, 4) is 0 Å². The normalized spacial score (nSPS) is 10.6. The second-order valence-electron chi connectivity index (χ2n) is 5.98. The Labute approximate surface area is 157 Å². The summed E-state index contributed by atoms with van der Waals surface area (Å²) in [5, 5.41) is 2.65. The van der Waals surface area contributed by atoms with Crippen molar-refractivity contribution < 1.29 is 28.3 Å². The number of carbonyl (C=O) groups excluding carboxylic acids is 3. The predicted molar refractivity (Wildman–Crippen MR) is 97.5 cm³/mol. The zero-order chi connectivity index (χ0) is 20.0. The number of ether oxygens (including phenoxy) is 2. The van der Waals surface area contributed by atoms with Crippen LogP contribution in [-0.4, -0.2) is 50.6 Å². The number of rotatable bonds is 7. The molecule has 2 aromatic rings. The van der Waals surface area contributed by atoms with Crippen molar-refractivity contribution in [2.75, 3.05) is 33.1 Å². The van der Waals surface area contributed by atoms with Crippen LogP contribution in [0.4, 0.5) is 5.69 Å². The van der Waals surface area contributed by atoms with Crippen molar-refractivity contribution >= 4 is 23.5 Å². The third-order valence-electron chi connectivity index (χ3n) is 3.76. The largest absolute Gasteiger partial charge is 0.465 e. The number of anilines is 1. The average molecular weight is 374 g/mol. The number of carbonyl (C=O) groups is 3. The molecule has 0 saturated carbocycles. The first-order valence-corrected chi connectivity index (χ1v) is 8.18. The first-order valence-electron chi connectivity index (χ1n) is 8.18. The second-order valence-corrected chi connectivity index (χ2v) is 5.98. The van der Waals surface area contributed by atoms with E-state index in [1.54, 1.807) is 11.9 Å². The van der Waals surface area contributed by atoms with Crippen molar-refractivity contribution in [3.63, 3.8) is 0 Å². The zero-order valence-electron chi connectivity index (χ0n) is 15.7. The molecule has 8 heteroatoms. The molecular formula is C19H22N2O6. The van der Waals surface area contributed by atoms with Crippen molar-refractivity contribution in [2.45, 2.75) is 13.5 Å². The molecule has 1 N–H and O–H groups in total.